The summed E-state index contributed by atoms with van der Waals surface area (Å²) in [5.74, 6) is 0.552. The molecule has 0 amide bonds. The van der Waals surface area contributed by atoms with Crippen molar-refractivity contribution in [3.05, 3.63) is 30.1 Å². The standard InChI is InChI=1S/C18H27FN2O/c19-16-4-3-6-17(12-16)20-10-7-15(8-11-20)13-21-9-2-1-5-18(21)14-22/h3-4,6,12,15,18,22H,1-2,5,7-11,13-14H2/t18-/m0/s1. The molecule has 0 bridgehead atoms. The van der Waals surface area contributed by atoms with Gasteiger partial charge in [-0.15, -0.1) is 0 Å². The number of piperidine rings is 2. The summed E-state index contributed by atoms with van der Waals surface area (Å²) < 4.78 is 13.3. The number of aliphatic hydroxyl groups excluding tert-OH is 1. The largest absolute Gasteiger partial charge is 0.395 e. The van der Waals surface area contributed by atoms with Crippen LogP contribution < -0.4 is 4.90 Å². The molecule has 2 aliphatic heterocycles. The Kier molecular flexibility index (Phi) is 5.32. The van der Waals surface area contributed by atoms with Crippen molar-refractivity contribution in [3.8, 4) is 0 Å². The Balaban J connectivity index is 1.51. The molecule has 3 nitrogen and oxygen atoms in total. The summed E-state index contributed by atoms with van der Waals surface area (Å²) in [7, 11) is 0. The molecule has 2 aliphatic rings. The highest BCUT2D eigenvalue weighted by Crippen LogP contribution is 2.26. The lowest BCUT2D eigenvalue weighted by atomic mass is 9.93. The number of aliphatic hydroxyl groups is 1. The molecule has 1 aromatic rings. The second-order valence-electron chi connectivity index (χ2n) is 6.74. The third-order valence-electron chi connectivity index (χ3n) is 5.24. The van der Waals surface area contributed by atoms with Crippen LogP contribution in [0, 0.1) is 11.7 Å². The molecule has 0 radical (unpaired) electrons. The molecule has 22 heavy (non-hydrogen) atoms. The van der Waals surface area contributed by atoms with E-state index in [4.69, 9.17) is 0 Å². The molecule has 1 N–H and O–H groups in total. The van der Waals surface area contributed by atoms with Crippen LogP contribution in [0.2, 0.25) is 0 Å². The molecule has 1 aromatic carbocycles. The minimum atomic E-state index is -0.154. The molecule has 2 fully saturated rings. The van der Waals surface area contributed by atoms with Crippen molar-refractivity contribution < 1.29 is 9.50 Å². The highest BCUT2D eigenvalue weighted by Gasteiger charge is 2.26. The first-order valence-corrected chi connectivity index (χ1v) is 8.61. The number of nitrogens with zero attached hydrogens (tertiary/aromatic N) is 2. The highest BCUT2D eigenvalue weighted by atomic mass is 19.1. The minimum Gasteiger partial charge on any atom is -0.395 e. The van der Waals surface area contributed by atoms with Gasteiger partial charge in [0.2, 0.25) is 0 Å². The van der Waals surface area contributed by atoms with Crippen LogP contribution in [0.3, 0.4) is 0 Å². The summed E-state index contributed by atoms with van der Waals surface area (Å²) in [6.45, 7) is 4.55. The topological polar surface area (TPSA) is 26.7 Å². The Hall–Kier alpha value is -1.13. The van der Waals surface area contributed by atoms with Crippen molar-refractivity contribution in [3.63, 3.8) is 0 Å². The van der Waals surface area contributed by atoms with Crippen LogP contribution in [-0.4, -0.2) is 48.8 Å². The van der Waals surface area contributed by atoms with Gasteiger partial charge >= 0.3 is 0 Å². The summed E-state index contributed by atoms with van der Waals surface area (Å²) in [5.41, 5.74) is 1.00. The molecular formula is C18H27FN2O. The number of likely N-dealkylation sites (tertiary alicyclic amines) is 1. The van der Waals surface area contributed by atoms with E-state index < -0.39 is 0 Å². The van der Waals surface area contributed by atoms with E-state index in [2.05, 4.69) is 9.80 Å². The smallest absolute Gasteiger partial charge is 0.125 e. The molecule has 1 atom stereocenters. The highest BCUT2D eigenvalue weighted by molar-refractivity contribution is 5.46. The van der Waals surface area contributed by atoms with Crippen molar-refractivity contribution in [1.29, 1.82) is 0 Å². The number of halogens is 1. The Morgan fingerprint density at radius 2 is 1.91 bits per heavy atom. The first kappa shape index (κ1) is 15.8. The van der Waals surface area contributed by atoms with Crippen LogP contribution >= 0.6 is 0 Å². The van der Waals surface area contributed by atoms with Gasteiger partial charge in [0.1, 0.15) is 5.82 Å². The fraction of sp³-hybridized carbons (Fsp3) is 0.667. The average Bonchev–Trinajstić information content (AvgIpc) is 2.56. The lowest BCUT2D eigenvalue weighted by Crippen LogP contribution is -2.46. The van der Waals surface area contributed by atoms with E-state index in [0.29, 0.717) is 18.6 Å². The molecule has 3 rings (SSSR count). The van der Waals surface area contributed by atoms with Crippen molar-refractivity contribution in [2.75, 3.05) is 37.7 Å². The Bertz CT molecular complexity index is 474. The van der Waals surface area contributed by atoms with E-state index in [1.807, 2.05) is 6.07 Å². The first-order valence-electron chi connectivity index (χ1n) is 8.61. The number of hydrogen-bond donors (Lipinski definition) is 1. The normalized spacial score (nSPS) is 24.6. The van der Waals surface area contributed by atoms with Gasteiger partial charge in [0, 0.05) is 31.4 Å². The van der Waals surface area contributed by atoms with E-state index in [-0.39, 0.29) is 5.82 Å². The van der Waals surface area contributed by atoms with Gasteiger partial charge in [-0.05, 0) is 56.3 Å². The van der Waals surface area contributed by atoms with Crippen LogP contribution in [0.5, 0.6) is 0 Å². The molecule has 0 spiro atoms. The van der Waals surface area contributed by atoms with Crippen LogP contribution in [0.25, 0.3) is 0 Å². The lowest BCUT2D eigenvalue weighted by Gasteiger charge is -2.40. The van der Waals surface area contributed by atoms with E-state index in [1.165, 1.54) is 18.9 Å². The molecule has 0 unspecified atom stereocenters. The maximum Gasteiger partial charge on any atom is 0.125 e. The minimum absolute atomic E-state index is 0.154. The number of hydrogen-bond acceptors (Lipinski definition) is 3. The molecule has 0 saturated carbocycles. The van der Waals surface area contributed by atoms with Crippen LogP contribution in [0.4, 0.5) is 10.1 Å². The first-order chi connectivity index (χ1) is 10.8. The van der Waals surface area contributed by atoms with Crippen molar-refractivity contribution >= 4 is 5.69 Å². The number of anilines is 1. The molecular weight excluding hydrogens is 279 g/mol. The van der Waals surface area contributed by atoms with Gasteiger partial charge in [0.05, 0.1) is 6.61 Å². The van der Waals surface area contributed by atoms with E-state index in [9.17, 15) is 9.50 Å². The maximum atomic E-state index is 13.3. The second kappa shape index (κ2) is 7.42. The van der Waals surface area contributed by atoms with Crippen molar-refractivity contribution in [2.24, 2.45) is 5.92 Å². The molecule has 0 aliphatic carbocycles. The second-order valence-corrected chi connectivity index (χ2v) is 6.74. The average molecular weight is 306 g/mol. The van der Waals surface area contributed by atoms with Gasteiger partial charge in [-0.2, -0.15) is 0 Å². The monoisotopic (exact) mass is 306 g/mol. The zero-order valence-electron chi connectivity index (χ0n) is 13.3. The van der Waals surface area contributed by atoms with Gasteiger partial charge in [-0.3, -0.25) is 4.90 Å². The molecule has 2 saturated heterocycles. The number of benzene rings is 1. The summed E-state index contributed by atoms with van der Waals surface area (Å²) in [6, 6.07) is 7.29. The summed E-state index contributed by atoms with van der Waals surface area (Å²) in [4.78, 5) is 4.78. The predicted octanol–water partition coefficient (Wildman–Crippen LogP) is 2.89. The van der Waals surface area contributed by atoms with Crippen LogP contribution in [0.15, 0.2) is 24.3 Å². The third-order valence-corrected chi connectivity index (χ3v) is 5.24. The molecule has 2 heterocycles. The predicted molar refractivity (Wildman–Crippen MR) is 87.6 cm³/mol. The Labute approximate surface area is 132 Å². The van der Waals surface area contributed by atoms with E-state index >= 15 is 0 Å². The maximum absolute atomic E-state index is 13.3. The van der Waals surface area contributed by atoms with Crippen LogP contribution in [0.1, 0.15) is 32.1 Å². The van der Waals surface area contributed by atoms with Gasteiger partial charge in [-0.25, -0.2) is 4.39 Å². The SMILES string of the molecule is OC[C@@H]1CCCCN1CC1CCN(c2cccc(F)c2)CC1. The Morgan fingerprint density at radius 3 is 2.64 bits per heavy atom. The summed E-state index contributed by atoms with van der Waals surface area (Å²) in [5, 5.41) is 9.52. The summed E-state index contributed by atoms with van der Waals surface area (Å²) in [6.07, 6.45) is 5.97. The fourth-order valence-corrected chi connectivity index (χ4v) is 3.89. The molecule has 0 aromatic heterocycles. The fourth-order valence-electron chi connectivity index (χ4n) is 3.89. The van der Waals surface area contributed by atoms with E-state index in [0.717, 1.165) is 51.1 Å². The van der Waals surface area contributed by atoms with Crippen LogP contribution in [-0.2, 0) is 0 Å². The zero-order chi connectivity index (χ0) is 15.4. The van der Waals surface area contributed by atoms with Gasteiger partial charge in [0.25, 0.3) is 0 Å². The quantitative estimate of drug-likeness (QED) is 0.926. The van der Waals surface area contributed by atoms with Gasteiger partial charge in [0.15, 0.2) is 0 Å². The Morgan fingerprint density at radius 1 is 1.09 bits per heavy atom. The molecule has 122 valence electrons. The number of rotatable bonds is 4. The van der Waals surface area contributed by atoms with Gasteiger partial charge in [-0.1, -0.05) is 12.5 Å². The zero-order valence-corrected chi connectivity index (χ0v) is 13.3. The third kappa shape index (κ3) is 3.79. The summed E-state index contributed by atoms with van der Waals surface area (Å²) >= 11 is 0. The lowest BCUT2D eigenvalue weighted by molar-refractivity contribution is 0.0720. The van der Waals surface area contributed by atoms with E-state index in [1.54, 1.807) is 12.1 Å². The molecule has 4 heteroatoms. The van der Waals surface area contributed by atoms with Gasteiger partial charge < -0.3 is 10.0 Å². The van der Waals surface area contributed by atoms with Crippen molar-refractivity contribution in [2.45, 2.75) is 38.1 Å². The van der Waals surface area contributed by atoms with Crippen molar-refractivity contribution in [1.82, 2.24) is 4.90 Å².